The average Bonchev–Trinajstić information content (AvgIpc) is 2.31. The molecule has 1 rings (SSSR count). The number of hydrogen-bond acceptors (Lipinski definition) is 5. The first-order valence-corrected chi connectivity index (χ1v) is 5.33. The Morgan fingerprint density at radius 3 is 2.37 bits per heavy atom. The molecule has 1 aromatic carbocycles. The fraction of sp³-hybridized carbons (Fsp3) is 0.167. The van der Waals surface area contributed by atoms with Crippen LogP contribution < -0.4 is 5.32 Å². The Labute approximate surface area is 108 Å². The van der Waals surface area contributed by atoms with Crippen LogP contribution in [0.15, 0.2) is 30.0 Å². The van der Waals surface area contributed by atoms with E-state index in [1.807, 2.05) is 0 Å². The van der Waals surface area contributed by atoms with Crippen molar-refractivity contribution in [2.24, 2.45) is 0 Å². The van der Waals surface area contributed by atoms with Gasteiger partial charge in [0.1, 0.15) is 5.70 Å². The zero-order chi connectivity index (χ0) is 14.4. The molecule has 0 bridgehead atoms. The van der Waals surface area contributed by atoms with E-state index in [4.69, 9.17) is 15.3 Å². The van der Waals surface area contributed by atoms with E-state index in [2.05, 4.69) is 5.32 Å². The van der Waals surface area contributed by atoms with Crippen LogP contribution in [0.5, 0.6) is 11.5 Å². The van der Waals surface area contributed by atoms with Gasteiger partial charge in [0.15, 0.2) is 11.5 Å². The fourth-order valence-electron chi connectivity index (χ4n) is 1.38. The average molecular weight is 267 g/mol. The Morgan fingerprint density at radius 2 is 1.84 bits per heavy atom. The van der Waals surface area contributed by atoms with E-state index in [9.17, 15) is 14.7 Å². The molecule has 0 aliphatic heterocycles. The summed E-state index contributed by atoms with van der Waals surface area (Å²) < 4.78 is 0. The van der Waals surface area contributed by atoms with Crippen LogP contribution in [-0.4, -0.2) is 38.9 Å². The summed E-state index contributed by atoms with van der Waals surface area (Å²) in [7, 11) is 0. The summed E-state index contributed by atoms with van der Waals surface area (Å²) in [4.78, 5) is 21.1. The number of phenols is 2. The normalized spacial score (nSPS) is 11.1. The van der Waals surface area contributed by atoms with E-state index in [1.165, 1.54) is 12.1 Å². The van der Waals surface area contributed by atoms with Gasteiger partial charge in [0.25, 0.3) is 0 Å². The number of nitrogens with one attached hydrogen (secondary N) is 1. The second-order valence-electron chi connectivity index (χ2n) is 3.70. The van der Waals surface area contributed by atoms with Crippen molar-refractivity contribution in [1.82, 2.24) is 5.32 Å². The maximum Gasteiger partial charge on any atom is 0.352 e. The Hall–Kier alpha value is -2.70. The first-order valence-electron chi connectivity index (χ1n) is 5.33. The minimum Gasteiger partial charge on any atom is -0.504 e. The van der Waals surface area contributed by atoms with Crippen molar-refractivity contribution in [2.45, 2.75) is 6.42 Å². The van der Waals surface area contributed by atoms with Crippen LogP contribution in [0.4, 0.5) is 0 Å². The van der Waals surface area contributed by atoms with Crippen molar-refractivity contribution in [2.75, 3.05) is 6.54 Å². The topological polar surface area (TPSA) is 127 Å². The first-order chi connectivity index (χ1) is 8.90. The second kappa shape index (κ2) is 6.29. The maximum absolute atomic E-state index is 10.7. The second-order valence-corrected chi connectivity index (χ2v) is 3.70. The van der Waals surface area contributed by atoms with Crippen molar-refractivity contribution >= 4 is 11.9 Å². The summed E-state index contributed by atoms with van der Waals surface area (Å²) in [5.41, 5.74) is 0.248. The molecule has 0 radical (unpaired) electrons. The van der Waals surface area contributed by atoms with Gasteiger partial charge in [-0.15, -0.1) is 0 Å². The Morgan fingerprint density at radius 1 is 1.16 bits per heavy atom. The predicted molar refractivity (Wildman–Crippen MR) is 64.8 cm³/mol. The summed E-state index contributed by atoms with van der Waals surface area (Å²) in [6.07, 6.45) is 0.925. The summed E-state index contributed by atoms with van der Waals surface area (Å²) >= 11 is 0. The molecule has 0 atom stereocenters. The zero-order valence-corrected chi connectivity index (χ0v) is 9.83. The van der Waals surface area contributed by atoms with Crippen molar-refractivity contribution < 1.29 is 30.0 Å². The van der Waals surface area contributed by atoms with Crippen LogP contribution in [0.2, 0.25) is 0 Å². The van der Waals surface area contributed by atoms with E-state index < -0.39 is 17.6 Å². The Balaban J connectivity index is 2.59. The van der Waals surface area contributed by atoms with Crippen LogP contribution >= 0.6 is 0 Å². The molecule has 102 valence electrons. The monoisotopic (exact) mass is 267 g/mol. The molecule has 0 spiro atoms. The van der Waals surface area contributed by atoms with E-state index in [-0.39, 0.29) is 18.0 Å². The smallest absolute Gasteiger partial charge is 0.352 e. The molecule has 0 aliphatic carbocycles. The highest BCUT2D eigenvalue weighted by molar-refractivity contribution is 5.94. The lowest BCUT2D eigenvalue weighted by Crippen LogP contribution is -2.23. The molecule has 0 heterocycles. The summed E-state index contributed by atoms with van der Waals surface area (Å²) in [6, 6.07) is 4.23. The zero-order valence-electron chi connectivity index (χ0n) is 9.83. The van der Waals surface area contributed by atoms with Gasteiger partial charge in [0.2, 0.25) is 0 Å². The van der Waals surface area contributed by atoms with Crippen molar-refractivity contribution in [3.05, 3.63) is 35.5 Å². The molecule has 7 nitrogen and oxygen atoms in total. The van der Waals surface area contributed by atoms with Crippen LogP contribution in [-0.2, 0) is 16.0 Å². The lowest BCUT2D eigenvalue weighted by molar-refractivity contribution is -0.135. The molecule has 0 saturated carbocycles. The van der Waals surface area contributed by atoms with Gasteiger partial charge in [-0.1, -0.05) is 6.07 Å². The maximum atomic E-state index is 10.7. The molecule has 7 heteroatoms. The quantitative estimate of drug-likeness (QED) is 0.370. The molecule has 0 fully saturated rings. The molecule has 0 aliphatic rings. The third-order valence-electron chi connectivity index (χ3n) is 2.27. The number of aliphatic carboxylic acids is 2. The van der Waals surface area contributed by atoms with Gasteiger partial charge < -0.3 is 25.7 Å². The molecular weight excluding hydrogens is 254 g/mol. The van der Waals surface area contributed by atoms with Gasteiger partial charge in [-0.2, -0.15) is 0 Å². The van der Waals surface area contributed by atoms with E-state index in [1.54, 1.807) is 6.07 Å². The number of hydrogen-bond donors (Lipinski definition) is 5. The number of carbonyl (C=O) groups is 2. The lowest BCUT2D eigenvalue weighted by Gasteiger charge is -2.07. The largest absolute Gasteiger partial charge is 0.504 e. The number of carboxylic acids is 2. The highest BCUT2D eigenvalue weighted by Crippen LogP contribution is 2.24. The highest BCUT2D eigenvalue weighted by Gasteiger charge is 2.08. The van der Waals surface area contributed by atoms with Gasteiger partial charge in [-0.3, -0.25) is 0 Å². The summed E-state index contributed by atoms with van der Waals surface area (Å²) in [5.74, 6) is -3.23. The van der Waals surface area contributed by atoms with Crippen LogP contribution in [0, 0.1) is 0 Å². The van der Waals surface area contributed by atoms with Gasteiger partial charge in [0.05, 0.1) is 6.08 Å². The minimum absolute atomic E-state index is 0.176. The number of aromatic hydroxyl groups is 2. The van der Waals surface area contributed by atoms with Crippen molar-refractivity contribution in [3.63, 3.8) is 0 Å². The third-order valence-corrected chi connectivity index (χ3v) is 2.27. The van der Waals surface area contributed by atoms with Gasteiger partial charge in [-0.05, 0) is 24.1 Å². The van der Waals surface area contributed by atoms with Gasteiger partial charge in [-0.25, -0.2) is 9.59 Å². The molecule has 0 saturated heterocycles. The predicted octanol–water partition coefficient (Wildman–Crippen LogP) is 0.283. The summed E-state index contributed by atoms with van der Waals surface area (Å²) in [6.45, 7) is 0.176. The first kappa shape index (κ1) is 14.4. The lowest BCUT2D eigenvalue weighted by atomic mass is 10.1. The standard InChI is InChI=1S/C12H13NO6/c14-9-2-1-7(5-10(9)15)3-4-13-8(12(18)19)6-11(16)17/h1-2,5-6,13-15H,3-4H2,(H,16,17)(H,18,19)/b8-6+. The number of rotatable bonds is 6. The molecule has 5 N–H and O–H groups in total. The molecule has 1 aromatic rings. The Kier molecular flexibility index (Phi) is 4.76. The van der Waals surface area contributed by atoms with Crippen LogP contribution in [0.25, 0.3) is 0 Å². The SMILES string of the molecule is O=C(O)/C=C(/NCCc1ccc(O)c(O)c1)C(=O)O. The van der Waals surface area contributed by atoms with Crippen LogP contribution in [0.3, 0.4) is 0 Å². The molecular formula is C12H13NO6. The molecule has 0 amide bonds. The number of benzene rings is 1. The highest BCUT2D eigenvalue weighted by atomic mass is 16.4. The van der Waals surface area contributed by atoms with E-state index in [0.29, 0.717) is 18.1 Å². The van der Waals surface area contributed by atoms with Gasteiger partial charge >= 0.3 is 11.9 Å². The van der Waals surface area contributed by atoms with Gasteiger partial charge in [0, 0.05) is 6.54 Å². The van der Waals surface area contributed by atoms with Crippen molar-refractivity contribution in [3.8, 4) is 11.5 Å². The van der Waals surface area contributed by atoms with E-state index in [0.717, 1.165) is 0 Å². The molecule has 19 heavy (non-hydrogen) atoms. The third kappa shape index (κ3) is 4.58. The van der Waals surface area contributed by atoms with Crippen LogP contribution in [0.1, 0.15) is 5.56 Å². The Bertz CT molecular complexity index is 523. The molecule has 0 aromatic heterocycles. The number of phenolic OH excluding ortho intramolecular Hbond substituents is 2. The minimum atomic E-state index is -1.36. The number of carboxylic acid groups (broad SMARTS) is 2. The molecule has 0 unspecified atom stereocenters. The fourth-order valence-corrected chi connectivity index (χ4v) is 1.38. The van der Waals surface area contributed by atoms with E-state index >= 15 is 0 Å². The summed E-state index contributed by atoms with van der Waals surface area (Å²) in [5, 5.41) is 38.1. The van der Waals surface area contributed by atoms with Crippen molar-refractivity contribution in [1.29, 1.82) is 0 Å².